The highest BCUT2D eigenvalue weighted by molar-refractivity contribution is 6.15. The Hall–Kier alpha value is -4.39. The van der Waals surface area contributed by atoms with Crippen LogP contribution in [0.1, 0.15) is 16.7 Å². The number of nitrogens with zero attached hydrogens (tertiary/aromatic N) is 1. The Morgan fingerprint density at radius 1 is 0.788 bits per heavy atom. The van der Waals surface area contributed by atoms with Crippen molar-refractivity contribution >= 4 is 23.2 Å². The van der Waals surface area contributed by atoms with Crippen LogP contribution in [0.25, 0.3) is 11.3 Å². The van der Waals surface area contributed by atoms with Crippen LogP contribution in [0.4, 0.5) is 4.39 Å². The molecule has 3 aliphatic rings. The molecule has 0 spiro atoms. The molecule has 6 rings (SSSR count). The molecule has 3 heterocycles. The van der Waals surface area contributed by atoms with Crippen LogP contribution in [-0.4, -0.2) is 25.1 Å². The third kappa shape index (κ3) is 3.43. The Morgan fingerprint density at radius 2 is 1.55 bits per heavy atom. The molecule has 33 heavy (non-hydrogen) atoms. The molecule has 0 amide bonds. The molecule has 3 aromatic carbocycles. The first kappa shape index (κ1) is 19.3. The molecule has 0 unspecified atom stereocenters. The highest BCUT2D eigenvalue weighted by Gasteiger charge is 2.31. The first-order valence-electron chi connectivity index (χ1n) is 10.4. The molecule has 0 saturated heterocycles. The minimum Gasteiger partial charge on any atom is -0.486 e. The quantitative estimate of drug-likeness (QED) is 0.424. The highest BCUT2D eigenvalue weighted by atomic mass is 19.1. The fraction of sp³-hybridized carbons (Fsp3) is 0.0769. The molecule has 0 bridgehead atoms. The predicted molar refractivity (Wildman–Crippen MR) is 118 cm³/mol. The largest absolute Gasteiger partial charge is 0.486 e. The fourth-order valence-electron chi connectivity index (χ4n) is 3.86. The van der Waals surface area contributed by atoms with Gasteiger partial charge in [-0.05, 0) is 54.6 Å². The van der Waals surface area contributed by atoms with Crippen molar-refractivity contribution in [2.24, 2.45) is 4.99 Å². The van der Waals surface area contributed by atoms with E-state index >= 15 is 0 Å². The summed E-state index contributed by atoms with van der Waals surface area (Å²) in [6.07, 6.45) is 1.77. The van der Waals surface area contributed by atoms with Gasteiger partial charge in [-0.25, -0.2) is 14.2 Å². The smallest absolute Gasteiger partial charge is 0.364 e. The van der Waals surface area contributed by atoms with Crippen molar-refractivity contribution in [1.82, 2.24) is 0 Å². The Morgan fingerprint density at radius 3 is 2.39 bits per heavy atom. The molecule has 0 N–H and O–H groups in total. The maximum absolute atomic E-state index is 13.3. The van der Waals surface area contributed by atoms with Crippen molar-refractivity contribution in [2.45, 2.75) is 0 Å². The maximum atomic E-state index is 13.3. The molecule has 0 aliphatic carbocycles. The average Bonchev–Trinajstić information content (AvgIpc) is 3.24. The van der Waals surface area contributed by atoms with Crippen LogP contribution < -0.4 is 14.2 Å². The number of aliphatic imine (C=N–C) groups is 1. The lowest BCUT2D eigenvalue weighted by atomic mass is 9.97. The van der Waals surface area contributed by atoms with Crippen molar-refractivity contribution < 1.29 is 28.1 Å². The van der Waals surface area contributed by atoms with Crippen LogP contribution in [0.2, 0.25) is 0 Å². The molecule has 0 aromatic heterocycles. The summed E-state index contributed by atoms with van der Waals surface area (Å²) < 4.78 is 36.2. The van der Waals surface area contributed by atoms with Crippen LogP contribution in [-0.2, 0) is 9.53 Å². The van der Waals surface area contributed by atoms with Gasteiger partial charge in [-0.3, -0.25) is 0 Å². The Bertz CT molecular complexity index is 1390. The van der Waals surface area contributed by atoms with E-state index in [9.17, 15) is 9.18 Å². The molecular weight excluding hydrogens is 425 g/mol. The van der Waals surface area contributed by atoms with E-state index in [0.717, 1.165) is 11.1 Å². The zero-order chi connectivity index (χ0) is 22.4. The van der Waals surface area contributed by atoms with Gasteiger partial charge in [-0.2, -0.15) is 0 Å². The predicted octanol–water partition coefficient (Wildman–Crippen LogP) is 4.75. The van der Waals surface area contributed by atoms with Gasteiger partial charge < -0.3 is 18.9 Å². The van der Waals surface area contributed by atoms with Gasteiger partial charge in [0.2, 0.25) is 5.90 Å². The molecule has 3 aromatic rings. The van der Waals surface area contributed by atoms with Crippen molar-refractivity contribution in [3.05, 3.63) is 101 Å². The molecule has 0 radical (unpaired) electrons. The monoisotopic (exact) mass is 441 g/mol. The van der Waals surface area contributed by atoms with Gasteiger partial charge in [0, 0.05) is 22.3 Å². The topological polar surface area (TPSA) is 66.4 Å². The van der Waals surface area contributed by atoms with E-state index in [1.54, 1.807) is 6.08 Å². The second-order valence-corrected chi connectivity index (χ2v) is 7.54. The summed E-state index contributed by atoms with van der Waals surface area (Å²) in [4.78, 5) is 17.2. The first-order valence-corrected chi connectivity index (χ1v) is 10.4. The van der Waals surface area contributed by atoms with Gasteiger partial charge >= 0.3 is 5.97 Å². The van der Waals surface area contributed by atoms with E-state index in [2.05, 4.69) is 4.99 Å². The van der Waals surface area contributed by atoms with Crippen molar-refractivity contribution in [2.75, 3.05) is 13.2 Å². The molecular formula is C26H16FNO5. The van der Waals surface area contributed by atoms with Gasteiger partial charge in [-0.1, -0.05) is 18.2 Å². The number of fused-ring (bicyclic) bond motifs is 2. The van der Waals surface area contributed by atoms with E-state index in [0.29, 0.717) is 47.4 Å². The van der Waals surface area contributed by atoms with Crippen LogP contribution in [0, 0.1) is 5.82 Å². The maximum Gasteiger partial charge on any atom is 0.364 e. The van der Waals surface area contributed by atoms with Gasteiger partial charge in [0.25, 0.3) is 0 Å². The molecule has 0 atom stereocenters. The first-order chi connectivity index (χ1) is 16.2. The van der Waals surface area contributed by atoms with Gasteiger partial charge in [0.15, 0.2) is 17.2 Å². The van der Waals surface area contributed by atoms with Crippen LogP contribution in [0.3, 0.4) is 0 Å². The summed E-state index contributed by atoms with van der Waals surface area (Å²) in [6.45, 7) is 0.979. The van der Waals surface area contributed by atoms with Crippen LogP contribution in [0.15, 0.2) is 83.5 Å². The number of halogens is 1. The summed E-state index contributed by atoms with van der Waals surface area (Å²) in [5.41, 5.74) is 2.72. The number of allylic oxidation sites excluding steroid dienone is 2. The van der Waals surface area contributed by atoms with Crippen LogP contribution in [0.5, 0.6) is 17.2 Å². The van der Waals surface area contributed by atoms with Gasteiger partial charge in [0.1, 0.15) is 30.5 Å². The summed E-state index contributed by atoms with van der Waals surface area (Å²) in [6, 6.07) is 18.6. The lowest BCUT2D eigenvalue weighted by Crippen LogP contribution is -2.15. The minimum atomic E-state index is -0.584. The summed E-state index contributed by atoms with van der Waals surface area (Å²) in [5, 5.41) is 0. The lowest BCUT2D eigenvalue weighted by molar-refractivity contribution is -0.129. The Labute approximate surface area is 188 Å². The summed E-state index contributed by atoms with van der Waals surface area (Å²) >= 11 is 0. The molecule has 0 saturated carbocycles. The number of benzene rings is 3. The number of carbonyl (C=O) groups is 1. The number of carbonyl (C=O) groups excluding carboxylic acids is 1. The summed E-state index contributed by atoms with van der Waals surface area (Å²) in [5.74, 6) is 1.59. The van der Waals surface area contributed by atoms with Gasteiger partial charge in [-0.15, -0.1) is 0 Å². The number of cyclic esters (lactones) is 1. The molecule has 6 nitrogen and oxygen atoms in total. The lowest BCUT2D eigenvalue weighted by Gasteiger charge is -2.23. The zero-order valence-corrected chi connectivity index (χ0v) is 17.2. The van der Waals surface area contributed by atoms with E-state index in [4.69, 9.17) is 18.9 Å². The normalized spacial score (nSPS) is 18.6. The number of esters is 1. The Balaban J connectivity index is 1.48. The van der Waals surface area contributed by atoms with E-state index < -0.39 is 5.97 Å². The number of hydrogen-bond donors (Lipinski definition) is 0. The number of para-hydroxylation sites is 1. The van der Waals surface area contributed by atoms with Gasteiger partial charge in [0.05, 0.1) is 0 Å². The molecule has 0 fully saturated rings. The summed E-state index contributed by atoms with van der Waals surface area (Å²) in [7, 11) is 0. The van der Waals surface area contributed by atoms with Crippen molar-refractivity contribution in [1.29, 1.82) is 0 Å². The molecule has 3 aliphatic heterocycles. The van der Waals surface area contributed by atoms with E-state index in [1.807, 2.05) is 42.5 Å². The van der Waals surface area contributed by atoms with Crippen LogP contribution >= 0.6 is 0 Å². The number of ether oxygens (including phenoxy) is 4. The second kappa shape index (κ2) is 7.63. The third-order valence-electron chi connectivity index (χ3n) is 5.44. The van der Waals surface area contributed by atoms with Crippen molar-refractivity contribution in [3.8, 4) is 17.2 Å². The van der Waals surface area contributed by atoms with E-state index in [-0.39, 0.29) is 17.4 Å². The zero-order valence-electron chi connectivity index (χ0n) is 17.2. The number of rotatable bonds is 2. The van der Waals surface area contributed by atoms with E-state index in [1.165, 1.54) is 24.3 Å². The number of hydrogen-bond acceptors (Lipinski definition) is 6. The highest BCUT2D eigenvalue weighted by Crippen LogP contribution is 2.41. The second-order valence-electron chi connectivity index (χ2n) is 7.54. The molecule has 162 valence electrons. The SMILES string of the molecule is O=C1OC(c2ccc(F)cc2)=N/C1=C1/C=C(c2ccc3c(c2)OCCO3)Oc2ccccc21. The third-order valence-corrected chi connectivity index (χ3v) is 5.44. The fourth-order valence-corrected chi connectivity index (χ4v) is 3.86. The van der Waals surface area contributed by atoms with Crippen molar-refractivity contribution in [3.63, 3.8) is 0 Å². The molecule has 7 heteroatoms. The standard InChI is InChI=1S/C26H16FNO5/c27-17-8-5-15(6-9-17)25-28-24(26(29)33-25)19-14-22(32-20-4-2-1-3-18(19)20)16-7-10-21-23(13-16)31-12-11-30-21/h1-10,13-14H,11-12H2/b24-19-. The average molecular weight is 441 g/mol. The minimum absolute atomic E-state index is 0.126. The Kier molecular flexibility index (Phi) is 4.47.